The molecule has 0 aliphatic heterocycles. The molecular formula is C12H15Cl2NO. The summed E-state index contributed by atoms with van der Waals surface area (Å²) in [5.74, 6) is 0. The van der Waals surface area contributed by atoms with E-state index in [2.05, 4.69) is 0 Å². The van der Waals surface area contributed by atoms with E-state index in [4.69, 9.17) is 33.7 Å². The Morgan fingerprint density at radius 1 is 1.31 bits per heavy atom. The highest BCUT2D eigenvalue weighted by atomic mass is 35.5. The Bertz CT molecular complexity index is 370. The van der Waals surface area contributed by atoms with E-state index in [1.807, 2.05) is 12.1 Å². The fraction of sp³-hybridized carbons (Fsp3) is 0.500. The number of benzene rings is 1. The van der Waals surface area contributed by atoms with Crippen LogP contribution in [-0.4, -0.2) is 12.1 Å². The Labute approximate surface area is 106 Å². The molecule has 0 spiro atoms. The Morgan fingerprint density at radius 3 is 2.81 bits per heavy atom. The number of hydrogen-bond acceptors (Lipinski definition) is 2. The van der Waals surface area contributed by atoms with Gasteiger partial charge in [-0.05, 0) is 30.9 Å². The van der Waals surface area contributed by atoms with Gasteiger partial charge >= 0.3 is 0 Å². The van der Waals surface area contributed by atoms with Crippen molar-refractivity contribution >= 4 is 23.2 Å². The molecule has 1 aliphatic rings. The molecule has 1 aliphatic carbocycles. The molecule has 2 nitrogen and oxygen atoms in total. The molecule has 0 bridgehead atoms. The second-order valence-corrected chi connectivity index (χ2v) is 5.00. The topological polar surface area (TPSA) is 35.2 Å². The lowest BCUT2D eigenvalue weighted by molar-refractivity contribution is 0.0449. The van der Waals surface area contributed by atoms with Gasteiger partial charge in [0.1, 0.15) is 0 Å². The highest BCUT2D eigenvalue weighted by Gasteiger charge is 2.22. The van der Waals surface area contributed by atoms with Gasteiger partial charge in [0.25, 0.3) is 0 Å². The predicted molar refractivity (Wildman–Crippen MR) is 66.9 cm³/mol. The molecule has 0 aromatic heterocycles. The molecule has 0 amide bonds. The van der Waals surface area contributed by atoms with Gasteiger partial charge in [0.2, 0.25) is 0 Å². The Morgan fingerprint density at radius 2 is 2.12 bits per heavy atom. The third kappa shape index (κ3) is 2.89. The molecule has 1 fully saturated rings. The lowest BCUT2D eigenvalue weighted by atomic mass is 10.2. The van der Waals surface area contributed by atoms with Crippen molar-refractivity contribution in [2.75, 3.05) is 0 Å². The zero-order valence-electron chi connectivity index (χ0n) is 8.96. The summed E-state index contributed by atoms with van der Waals surface area (Å²) in [6.07, 6.45) is 3.30. The van der Waals surface area contributed by atoms with Crippen LogP contribution in [0.3, 0.4) is 0 Å². The van der Waals surface area contributed by atoms with Crippen LogP contribution in [0.1, 0.15) is 24.8 Å². The van der Waals surface area contributed by atoms with Crippen LogP contribution in [-0.2, 0) is 11.3 Å². The van der Waals surface area contributed by atoms with Gasteiger partial charge in [0.15, 0.2) is 0 Å². The van der Waals surface area contributed by atoms with Crippen LogP contribution in [0.5, 0.6) is 0 Å². The quantitative estimate of drug-likeness (QED) is 0.904. The molecule has 2 atom stereocenters. The normalized spacial score (nSPS) is 24.9. The average Bonchev–Trinajstić information content (AvgIpc) is 2.67. The van der Waals surface area contributed by atoms with Crippen LogP contribution in [0.25, 0.3) is 0 Å². The zero-order valence-corrected chi connectivity index (χ0v) is 10.5. The van der Waals surface area contributed by atoms with Gasteiger partial charge < -0.3 is 10.5 Å². The fourth-order valence-corrected chi connectivity index (χ4v) is 2.37. The maximum absolute atomic E-state index is 6.07. The first-order valence-corrected chi connectivity index (χ1v) is 6.22. The molecule has 0 saturated heterocycles. The van der Waals surface area contributed by atoms with Gasteiger partial charge in [-0.25, -0.2) is 0 Å². The second kappa shape index (κ2) is 5.37. The van der Waals surface area contributed by atoms with Crippen molar-refractivity contribution in [2.45, 2.75) is 38.0 Å². The van der Waals surface area contributed by atoms with E-state index in [1.165, 1.54) is 0 Å². The summed E-state index contributed by atoms with van der Waals surface area (Å²) in [6.45, 7) is 0.511. The van der Waals surface area contributed by atoms with E-state index in [0.717, 1.165) is 24.8 Å². The molecule has 0 heterocycles. The number of halogens is 2. The van der Waals surface area contributed by atoms with Crippen LogP contribution >= 0.6 is 23.2 Å². The Kier molecular flexibility index (Phi) is 4.09. The third-order valence-electron chi connectivity index (χ3n) is 2.93. The molecule has 1 saturated carbocycles. The lowest BCUT2D eigenvalue weighted by Gasteiger charge is -2.12. The molecule has 2 N–H and O–H groups in total. The highest BCUT2D eigenvalue weighted by Crippen LogP contribution is 2.28. The smallest absolute Gasteiger partial charge is 0.0735 e. The van der Waals surface area contributed by atoms with Gasteiger partial charge in [-0.2, -0.15) is 0 Å². The largest absolute Gasteiger partial charge is 0.373 e. The van der Waals surface area contributed by atoms with Crippen molar-refractivity contribution < 1.29 is 4.74 Å². The predicted octanol–water partition coefficient (Wildman–Crippen LogP) is 3.39. The van der Waals surface area contributed by atoms with Crippen LogP contribution in [0.15, 0.2) is 18.2 Å². The van der Waals surface area contributed by atoms with E-state index in [1.54, 1.807) is 6.07 Å². The summed E-state index contributed by atoms with van der Waals surface area (Å²) in [4.78, 5) is 0. The van der Waals surface area contributed by atoms with E-state index < -0.39 is 0 Å². The van der Waals surface area contributed by atoms with E-state index >= 15 is 0 Å². The minimum absolute atomic E-state index is 0.269. The summed E-state index contributed by atoms with van der Waals surface area (Å²) in [5, 5.41) is 1.16. The van der Waals surface area contributed by atoms with Crippen molar-refractivity contribution in [3.63, 3.8) is 0 Å². The van der Waals surface area contributed by atoms with Gasteiger partial charge in [-0.15, -0.1) is 0 Å². The molecule has 2 rings (SSSR count). The van der Waals surface area contributed by atoms with Gasteiger partial charge in [0, 0.05) is 6.04 Å². The summed E-state index contributed by atoms with van der Waals surface area (Å²) < 4.78 is 5.77. The summed E-state index contributed by atoms with van der Waals surface area (Å²) >= 11 is 12.0. The van der Waals surface area contributed by atoms with Crippen molar-refractivity contribution in [3.05, 3.63) is 33.8 Å². The number of hydrogen-bond donors (Lipinski definition) is 1. The minimum atomic E-state index is 0.269. The molecule has 88 valence electrons. The molecule has 1 aromatic carbocycles. The maximum atomic E-state index is 6.07. The zero-order chi connectivity index (χ0) is 11.5. The lowest BCUT2D eigenvalue weighted by Crippen LogP contribution is -2.17. The average molecular weight is 260 g/mol. The first-order valence-electron chi connectivity index (χ1n) is 5.47. The van der Waals surface area contributed by atoms with Crippen LogP contribution in [0.4, 0.5) is 0 Å². The van der Waals surface area contributed by atoms with E-state index in [-0.39, 0.29) is 6.10 Å². The van der Waals surface area contributed by atoms with Crippen molar-refractivity contribution in [1.29, 1.82) is 0 Å². The van der Waals surface area contributed by atoms with Crippen LogP contribution in [0, 0.1) is 0 Å². The molecule has 0 radical (unpaired) electrons. The molecule has 1 aromatic rings. The SMILES string of the molecule is NC1CCC(OCc2cccc(Cl)c2Cl)C1. The van der Waals surface area contributed by atoms with E-state index in [0.29, 0.717) is 22.7 Å². The summed E-state index contributed by atoms with van der Waals surface area (Å²) in [6, 6.07) is 5.88. The van der Waals surface area contributed by atoms with Crippen molar-refractivity contribution in [3.8, 4) is 0 Å². The fourth-order valence-electron chi connectivity index (χ4n) is 1.99. The first-order chi connectivity index (χ1) is 7.66. The third-order valence-corrected chi connectivity index (χ3v) is 3.79. The van der Waals surface area contributed by atoms with Crippen molar-refractivity contribution in [1.82, 2.24) is 0 Å². The first kappa shape index (κ1) is 12.2. The van der Waals surface area contributed by atoms with Crippen molar-refractivity contribution in [2.24, 2.45) is 5.73 Å². The molecular weight excluding hydrogens is 245 g/mol. The second-order valence-electron chi connectivity index (χ2n) is 4.22. The summed E-state index contributed by atoms with van der Waals surface area (Å²) in [7, 11) is 0. The van der Waals surface area contributed by atoms with Crippen LogP contribution in [0.2, 0.25) is 10.0 Å². The van der Waals surface area contributed by atoms with Gasteiger partial charge in [0.05, 0.1) is 22.8 Å². The Hall–Kier alpha value is -0.280. The van der Waals surface area contributed by atoms with Gasteiger partial charge in [-0.1, -0.05) is 35.3 Å². The number of rotatable bonds is 3. The minimum Gasteiger partial charge on any atom is -0.373 e. The number of ether oxygens (including phenoxy) is 1. The monoisotopic (exact) mass is 259 g/mol. The molecule has 16 heavy (non-hydrogen) atoms. The number of nitrogens with two attached hydrogens (primary N) is 1. The molecule has 4 heteroatoms. The van der Waals surface area contributed by atoms with Gasteiger partial charge in [-0.3, -0.25) is 0 Å². The summed E-state index contributed by atoms with van der Waals surface area (Å²) in [5.41, 5.74) is 6.76. The highest BCUT2D eigenvalue weighted by molar-refractivity contribution is 6.42. The molecule has 2 unspecified atom stereocenters. The standard InChI is InChI=1S/C12H15Cl2NO/c13-11-3-1-2-8(12(11)14)7-16-10-5-4-9(15)6-10/h1-3,9-10H,4-7,15H2. The van der Waals surface area contributed by atoms with E-state index in [9.17, 15) is 0 Å². The van der Waals surface area contributed by atoms with Crippen LogP contribution < -0.4 is 5.73 Å². The maximum Gasteiger partial charge on any atom is 0.0735 e. The Balaban J connectivity index is 1.92.